The summed E-state index contributed by atoms with van der Waals surface area (Å²) >= 11 is 0. The molecule has 1 atom stereocenters. The van der Waals surface area contributed by atoms with Crippen LogP contribution in [0.3, 0.4) is 0 Å². The average Bonchev–Trinajstić information content (AvgIpc) is 3.73. The second kappa shape index (κ2) is 9.32. The molecule has 46 heavy (non-hydrogen) atoms. The second-order valence-corrected chi connectivity index (χ2v) is 12.6. The molecule has 8 aromatic rings. The third-order valence-corrected chi connectivity index (χ3v) is 10.0. The summed E-state index contributed by atoms with van der Waals surface area (Å²) in [7, 11) is 0. The fourth-order valence-corrected chi connectivity index (χ4v) is 7.83. The van der Waals surface area contributed by atoms with E-state index in [0.717, 1.165) is 46.2 Å². The van der Waals surface area contributed by atoms with Crippen molar-refractivity contribution in [1.29, 1.82) is 0 Å². The van der Waals surface area contributed by atoms with Crippen LogP contribution in [0, 0.1) is 0 Å². The van der Waals surface area contributed by atoms with Crippen molar-refractivity contribution in [2.75, 3.05) is 0 Å². The first-order valence-corrected chi connectivity index (χ1v) is 15.9. The summed E-state index contributed by atoms with van der Waals surface area (Å²) in [6, 6.07) is 47.5. The number of ether oxygens (including phenoxy) is 1. The number of rotatable bonds is 3. The highest BCUT2D eigenvalue weighted by Crippen LogP contribution is 2.52. The minimum absolute atomic E-state index is 0.307. The Morgan fingerprint density at radius 3 is 1.76 bits per heavy atom. The van der Waals surface area contributed by atoms with Crippen LogP contribution in [0.5, 0.6) is 5.75 Å². The van der Waals surface area contributed by atoms with Crippen molar-refractivity contribution in [2.24, 2.45) is 0 Å². The second-order valence-electron chi connectivity index (χ2n) is 12.6. The molecule has 3 aromatic heterocycles. The van der Waals surface area contributed by atoms with Crippen LogP contribution < -0.4 is 4.74 Å². The number of nitrogens with zero attached hydrogens (tertiary/aromatic N) is 3. The van der Waals surface area contributed by atoms with E-state index in [9.17, 15) is 0 Å². The number of hydrogen-bond acceptors (Lipinski definition) is 2. The van der Waals surface area contributed by atoms with Gasteiger partial charge in [-0.3, -0.25) is 4.57 Å². The molecular formula is C42H29N3O. The fourth-order valence-electron chi connectivity index (χ4n) is 7.83. The lowest BCUT2D eigenvalue weighted by Crippen LogP contribution is -2.24. The Balaban J connectivity index is 1.07. The molecule has 0 radical (unpaired) electrons. The minimum atomic E-state index is -0.307. The summed E-state index contributed by atoms with van der Waals surface area (Å²) in [6.45, 7) is 2.31. The third-order valence-electron chi connectivity index (χ3n) is 10.0. The standard InChI is InChI=1S/C42H29N3O/c1-42-26-27(34-15-10-20-41(43-34)45-37-18-8-4-13-31(37)32-14-5-9-19-38(32)45)21-24-40(42)46-39-23-22-28(25-33(39)42)44-35-16-6-2-11-29(35)30-12-3-7-17-36(30)44/h2-25H,26H2,1H3. The third kappa shape index (κ3) is 3.47. The molecule has 0 bridgehead atoms. The van der Waals surface area contributed by atoms with Gasteiger partial charge in [-0.05, 0) is 79.6 Å². The van der Waals surface area contributed by atoms with Crippen molar-refractivity contribution in [2.45, 2.75) is 18.8 Å². The molecule has 1 unspecified atom stereocenters. The monoisotopic (exact) mass is 591 g/mol. The first-order valence-electron chi connectivity index (χ1n) is 15.9. The number of fused-ring (bicyclic) bond motifs is 9. The van der Waals surface area contributed by atoms with Crippen LogP contribution in [-0.4, -0.2) is 14.1 Å². The number of aromatic nitrogens is 3. The van der Waals surface area contributed by atoms with Crippen LogP contribution in [0.1, 0.15) is 24.6 Å². The lowest BCUT2D eigenvalue weighted by atomic mass is 9.73. The topological polar surface area (TPSA) is 32.0 Å². The SMILES string of the molecule is CC12CC(c3cccc(-n4c5ccccc5c5ccccc54)n3)=CC=C1Oc1ccc(-n3c4ccccc4c4ccccc43)cc12. The first-order chi connectivity index (χ1) is 22.7. The van der Waals surface area contributed by atoms with Crippen LogP contribution in [0.2, 0.25) is 0 Å². The van der Waals surface area contributed by atoms with E-state index in [-0.39, 0.29) is 5.41 Å². The van der Waals surface area contributed by atoms with Gasteiger partial charge in [0.1, 0.15) is 17.3 Å². The Bertz CT molecular complexity index is 2510. The molecule has 5 aromatic carbocycles. The molecule has 0 N–H and O–H groups in total. The molecule has 4 heterocycles. The largest absolute Gasteiger partial charge is 0.460 e. The molecule has 4 nitrogen and oxygen atoms in total. The van der Waals surface area contributed by atoms with E-state index in [1.165, 1.54) is 43.7 Å². The van der Waals surface area contributed by atoms with Gasteiger partial charge in [-0.15, -0.1) is 0 Å². The molecule has 2 aliphatic rings. The first kappa shape index (κ1) is 25.5. The van der Waals surface area contributed by atoms with Gasteiger partial charge in [0.05, 0.1) is 33.2 Å². The minimum Gasteiger partial charge on any atom is -0.460 e. The predicted molar refractivity (Wildman–Crippen MR) is 188 cm³/mol. The Labute approximate surface area is 266 Å². The summed E-state index contributed by atoms with van der Waals surface area (Å²) in [6.07, 6.45) is 5.13. The van der Waals surface area contributed by atoms with Gasteiger partial charge in [0.25, 0.3) is 0 Å². The summed E-state index contributed by atoms with van der Waals surface area (Å²) in [5, 5.41) is 5.00. The summed E-state index contributed by atoms with van der Waals surface area (Å²) in [5.74, 6) is 2.84. The normalized spacial score (nSPS) is 17.2. The van der Waals surface area contributed by atoms with E-state index in [1.54, 1.807) is 0 Å². The van der Waals surface area contributed by atoms with Crippen molar-refractivity contribution in [1.82, 2.24) is 14.1 Å². The zero-order valence-corrected chi connectivity index (χ0v) is 25.3. The molecule has 1 aliphatic heterocycles. The molecule has 0 fully saturated rings. The Morgan fingerprint density at radius 2 is 1.15 bits per heavy atom. The molecule has 4 heteroatoms. The van der Waals surface area contributed by atoms with E-state index < -0.39 is 0 Å². The molecule has 0 saturated carbocycles. The average molecular weight is 592 g/mol. The Hall–Kier alpha value is -5.87. The van der Waals surface area contributed by atoms with Crippen molar-refractivity contribution in [3.8, 4) is 17.3 Å². The van der Waals surface area contributed by atoms with Gasteiger partial charge in [0.2, 0.25) is 0 Å². The molecule has 0 spiro atoms. The van der Waals surface area contributed by atoms with Gasteiger partial charge >= 0.3 is 0 Å². The van der Waals surface area contributed by atoms with Gasteiger partial charge < -0.3 is 9.30 Å². The van der Waals surface area contributed by atoms with Gasteiger partial charge in [0, 0.05) is 32.8 Å². The van der Waals surface area contributed by atoms with E-state index in [1.807, 2.05) is 0 Å². The fraction of sp³-hybridized carbons (Fsp3) is 0.0714. The molecule has 10 rings (SSSR count). The number of benzene rings is 5. The van der Waals surface area contributed by atoms with Crippen LogP contribution in [0.25, 0.3) is 60.7 Å². The maximum atomic E-state index is 6.51. The van der Waals surface area contributed by atoms with E-state index in [2.05, 4.69) is 162 Å². The van der Waals surface area contributed by atoms with Crippen LogP contribution in [-0.2, 0) is 5.41 Å². The summed E-state index contributed by atoms with van der Waals surface area (Å²) in [4.78, 5) is 5.29. The highest BCUT2D eigenvalue weighted by Gasteiger charge is 2.44. The molecule has 0 saturated heterocycles. The quantitative estimate of drug-likeness (QED) is 0.205. The predicted octanol–water partition coefficient (Wildman–Crippen LogP) is 10.3. The molecule has 218 valence electrons. The zero-order chi connectivity index (χ0) is 30.4. The molecule has 1 aliphatic carbocycles. The lowest BCUT2D eigenvalue weighted by molar-refractivity contribution is 0.379. The van der Waals surface area contributed by atoms with Crippen molar-refractivity contribution < 1.29 is 4.74 Å². The maximum Gasteiger partial charge on any atom is 0.138 e. The van der Waals surface area contributed by atoms with E-state index >= 15 is 0 Å². The highest BCUT2D eigenvalue weighted by atomic mass is 16.5. The number of pyridine rings is 1. The van der Waals surface area contributed by atoms with Gasteiger partial charge in [0.15, 0.2) is 0 Å². The number of allylic oxidation sites excluding steroid dienone is 4. The van der Waals surface area contributed by atoms with Gasteiger partial charge in [-0.1, -0.05) is 84.9 Å². The van der Waals surface area contributed by atoms with Gasteiger partial charge in [-0.25, -0.2) is 4.98 Å². The van der Waals surface area contributed by atoms with Crippen molar-refractivity contribution in [3.63, 3.8) is 0 Å². The highest BCUT2D eigenvalue weighted by molar-refractivity contribution is 6.10. The van der Waals surface area contributed by atoms with Crippen LogP contribution in [0.4, 0.5) is 0 Å². The Morgan fingerprint density at radius 1 is 0.587 bits per heavy atom. The zero-order valence-electron chi connectivity index (χ0n) is 25.3. The van der Waals surface area contributed by atoms with Crippen LogP contribution in [0.15, 0.2) is 151 Å². The maximum absolute atomic E-state index is 6.51. The smallest absolute Gasteiger partial charge is 0.138 e. The van der Waals surface area contributed by atoms with Gasteiger partial charge in [-0.2, -0.15) is 0 Å². The number of hydrogen-bond donors (Lipinski definition) is 0. The molecular weight excluding hydrogens is 562 g/mol. The number of para-hydroxylation sites is 4. The molecule has 0 amide bonds. The Kier molecular flexibility index (Phi) is 5.16. The van der Waals surface area contributed by atoms with Crippen molar-refractivity contribution in [3.05, 3.63) is 163 Å². The van der Waals surface area contributed by atoms with E-state index in [0.29, 0.717) is 0 Å². The van der Waals surface area contributed by atoms with E-state index in [4.69, 9.17) is 9.72 Å². The van der Waals surface area contributed by atoms with Crippen LogP contribution >= 0.6 is 0 Å². The summed E-state index contributed by atoms with van der Waals surface area (Å²) < 4.78 is 11.2. The lowest BCUT2D eigenvalue weighted by Gasteiger charge is -2.29. The van der Waals surface area contributed by atoms with Crippen molar-refractivity contribution >= 4 is 49.2 Å². The summed E-state index contributed by atoms with van der Waals surface area (Å²) in [5.41, 5.74) is 8.98.